The Morgan fingerprint density at radius 1 is 0.828 bits per heavy atom. The van der Waals surface area contributed by atoms with Crippen molar-refractivity contribution in [2.45, 2.75) is 31.2 Å². The molecule has 1 unspecified atom stereocenters. The normalized spacial score (nSPS) is 12.9. The van der Waals surface area contributed by atoms with E-state index in [1.807, 2.05) is 42.5 Å². The van der Waals surface area contributed by atoms with Gasteiger partial charge in [-0.1, -0.05) is 38.1 Å². The molecule has 3 aromatic rings. The predicted molar refractivity (Wildman–Crippen MR) is 116 cm³/mol. The summed E-state index contributed by atoms with van der Waals surface area (Å²) in [5.74, 6) is 1.81. The fourth-order valence-electron chi connectivity index (χ4n) is 3.31. The van der Waals surface area contributed by atoms with E-state index in [0.717, 1.165) is 27.8 Å². The van der Waals surface area contributed by atoms with Crippen LogP contribution in [0.5, 0.6) is 11.5 Å². The highest BCUT2D eigenvalue weighted by Gasteiger charge is 2.22. The van der Waals surface area contributed by atoms with E-state index in [1.165, 1.54) is 0 Å². The lowest BCUT2D eigenvalue weighted by Gasteiger charge is -2.21. The molecule has 1 N–H and O–H groups in total. The summed E-state index contributed by atoms with van der Waals surface area (Å²) in [5.41, 5.74) is 0.911. The summed E-state index contributed by atoms with van der Waals surface area (Å²) in [7, 11) is -0.470. The second kappa shape index (κ2) is 8.84. The van der Waals surface area contributed by atoms with Crippen molar-refractivity contribution in [3.63, 3.8) is 0 Å². The zero-order valence-corrected chi connectivity index (χ0v) is 18.0. The summed E-state index contributed by atoms with van der Waals surface area (Å²) < 4.78 is 39.6. The highest BCUT2D eigenvalue weighted by molar-refractivity contribution is 7.89. The van der Waals surface area contributed by atoms with Crippen LogP contribution < -0.4 is 14.2 Å². The molecule has 0 aliphatic heterocycles. The Morgan fingerprint density at radius 2 is 1.41 bits per heavy atom. The lowest BCUT2D eigenvalue weighted by molar-refractivity contribution is 0.414. The smallest absolute Gasteiger partial charge is 0.241 e. The number of benzene rings is 3. The average molecular weight is 414 g/mol. The van der Waals surface area contributed by atoms with Crippen LogP contribution in [-0.2, 0) is 10.0 Å². The van der Waals surface area contributed by atoms with Gasteiger partial charge in [-0.25, -0.2) is 13.1 Å². The van der Waals surface area contributed by atoms with Crippen LogP contribution in [0.25, 0.3) is 10.8 Å². The van der Waals surface area contributed by atoms with E-state index < -0.39 is 10.0 Å². The summed E-state index contributed by atoms with van der Waals surface area (Å²) in [4.78, 5) is 0.248. The number of nitrogens with one attached hydrogen (secondary N) is 1. The van der Waals surface area contributed by atoms with Crippen molar-refractivity contribution in [2.24, 2.45) is 5.92 Å². The number of methoxy groups -OCH3 is 2. The number of ether oxygens (including phenoxy) is 2. The standard InChI is InChI=1S/C23H27NO4S/c1-16(2)13-23(17-5-9-20(27-3)10-6-17)24-29(25,26)22-12-8-18-14-21(28-4)11-7-19(18)15-22/h5-12,14-16,23-24H,13H2,1-4H3. The number of fused-ring (bicyclic) bond motifs is 1. The van der Waals surface area contributed by atoms with E-state index in [1.54, 1.807) is 32.4 Å². The van der Waals surface area contributed by atoms with Crippen molar-refractivity contribution < 1.29 is 17.9 Å². The molecule has 0 spiro atoms. The van der Waals surface area contributed by atoms with Gasteiger partial charge >= 0.3 is 0 Å². The molecule has 0 aliphatic rings. The summed E-state index contributed by atoms with van der Waals surface area (Å²) >= 11 is 0. The Labute approximate surface area is 172 Å². The molecule has 3 rings (SSSR count). The third-order valence-corrected chi connectivity index (χ3v) is 6.32. The first kappa shape index (κ1) is 21.1. The molecular weight excluding hydrogens is 386 g/mol. The second-order valence-corrected chi connectivity index (χ2v) is 9.17. The highest BCUT2D eigenvalue weighted by Crippen LogP contribution is 2.28. The molecule has 29 heavy (non-hydrogen) atoms. The maximum atomic E-state index is 13.1. The Balaban J connectivity index is 1.92. The van der Waals surface area contributed by atoms with Crippen molar-refractivity contribution in [1.82, 2.24) is 4.72 Å². The third kappa shape index (κ3) is 5.08. The van der Waals surface area contributed by atoms with Gasteiger partial charge < -0.3 is 9.47 Å². The van der Waals surface area contributed by atoms with Gasteiger partial charge in [0.25, 0.3) is 0 Å². The summed E-state index contributed by atoms with van der Waals surface area (Å²) in [5, 5.41) is 1.77. The molecule has 154 valence electrons. The fraction of sp³-hybridized carbons (Fsp3) is 0.304. The first-order chi connectivity index (χ1) is 13.8. The fourth-order valence-corrected chi connectivity index (χ4v) is 4.58. The molecule has 0 saturated heterocycles. The van der Waals surface area contributed by atoms with Crippen molar-refractivity contribution in [1.29, 1.82) is 0 Å². The first-order valence-corrected chi connectivity index (χ1v) is 11.0. The van der Waals surface area contributed by atoms with Gasteiger partial charge in [0.15, 0.2) is 0 Å². The van der Waals surface area contributed by atoms with Crippen LogP contribution in [0.4, 0.5) is 0 Å². The molecule has 1 atom stereocenters. The maximum Gasteiger partial charge on any atom is 0.241 e. The monoisotopic (exact) mass is 413 g/mol. The molecule has 0 radical (unpaired) electrons. The zero-order valence-electron chi connectivity index (χ0n) is 17.2. The van der Waals surface area contributed by atoms with Gasteiger partial charge in [-0.05, 0) is 65.1 Å². The Bertz CT molecular complexity index is 1080. The third-order valence-electron chi connectivity index (χ3n) is 4.85. The minimum absolute atomic E-state index is 0.248. The molecule has 0 saturated carbocycles. The minimum Gasteiger partial charge on any atom is -0.497 e. The van der Waals surface area contributed by atoms with Crippen LogP contribution in [-0.4, -0.2) is 22.6 Å². The molecule has 0 aliphatic carbocycles. The lowest BCUT2D eigenvalue weighted by atomic mass is 9.98. The molecule has 3 aromatic carbocycles. The molecular formula is C23H27NO4S. The van der Waals surface area contributed by atoms with Crippen LogP contribution in [0.3, 0.4) is 0 Å². The second-order valence-electron chi connectivity index (χ2n) is 7.45. The van der Waals surface area contributed by atoms with Crippen molar-refractivity contribution in [2.75, 3.05) is 14.2 Å². The van der Waals surface area contributed by atoms with E-state index in [9.17, 15) is 8.42 Å². The quantitative estimate of drug-likeness (QED) is 0.569. The lowest BCUT2D eigenvalue weighted by Crippen LogP contribution is -2.29. The molecule has 5 nitrogen and oxygen atoms in total. The van der Waals surface area contributed by atoms with E-state index in [4.69, 9.17) is 9.47 Å². The first-order valence-electron chi connectivity index (χ1n) is 9.56. The van der Waals surface area contributed by atoms with Gasteiger partial charge in [0.1, 0.15) is 11.5 Å². The molecule has 0 bridgehead atoms. The van der Waals surface area contributed by atoms with Gasteiger partial charge in [0.2, 0.25) is 10.0 Å². The van der Waals surface area contributed by atoms with E-state index in [-0.39, 0.29) is 10.9 Å². The molecule has 0 heterocycles. The maximum absolute atomic E-state index is 13.1. The summed E-state index contributed by atoms with van der Waals surface area (Å²) in [6.07, 6.45) is 0.691. The minimum atomic E-state index is -3.69. The van der Waals surface area contributed by atoms with Gasteiger partial charge in [-0.15, -0.1) is 0 Å². The number of rotatable bonds is 8. The van der Waals surface area contributed by atoms with E-state index >= 15 is 0 Å². The largest absolute Gasteiger partial charge is 0.497 e. The SMILES string of the molecule is COc1ccc(C(CC(C)C)NS(=O)(=O)c2ccc3cc(OC)ccc3c2)cc1. The Kier molecular flexibility index (Phi) is 6.45. The average Bonchev–Trinajstić information content (AvgIpc) is 2.72. The summed E-state index contributed by atoms with van der Waals surface area (Å²) in [6.45, 7) is 4.16. The number of hydrogen-bond acceptors (Lipinski definition) is 4. The molecule has 6 heteroatoms. The predicted octanol–water partition coefficient (Wildman–Crippen LogP) is 4.92. The van der Waals surface area contributed by atoms with Gasteiger partial charge in [-0.2, -0.15) is 0 Å². The van der Waals surface area contributed by atoms with Crippen molar-refractivity contribution in [3.8, 4) is 11.5 Å². The van der Waals surface area contributed by atoms with Crippen LogP contribution >= 0.6 is 0 Å². The number of hydrogen-bond donors (Lipinski definition) is 1. The van der Waals surface area contributed by atoms with E-state index in [0.29, 0.717) is 12.3 Å². The zero-order chi connectivity index (χ0) is 21.0. The van der Waals surface area contributed by atoms with Crippen molar-refractivity contribution in [3.05, 3.63) is 66.2 Å². The molecule has 0 amide bonds. The summed E-state index contributed by atoms with van der Waals surface area (Å²) in [6, 6.07) is 17.9. The van der Waals surface area contributed by atoms with Crippen molar-refractivity contribution >= 4 is 20.8 Å². The topological polar surface area (TPSA) is 64.6 Å². The Morgan fingerprint density at radius 3 is 2.03 bits per heavy atom. The van der Waals surface area contributed by atoms with Gasteiger partial charge in [0.05, 0.1) is 19.1 Å². The van der Waals surface area contributed by atoms with Crippen LogP contribution in [0.1, 0.15) is 31.9 Å². The van der Waals surface area contributed by atoms with Crippen LogP contribution in [0.2, 0.25) is 0 Å². The van der Waals surface area contributed by atoms with E-state index in [2.05, 4.69) is 18.6 Å². The van der Waals surface area contributed by atoms with Gasteiger partial charge in [0, 0.05) is 6.04 Å². The molecule has 0 fully saturated rings. The van der Waals surface area contributed by atoms with Crippen LogP contribution in [0, 0.1) is 5.92 Å². The highest BCUT2D eigenvalue weighted by atomic mass is 32.2. The Hall–Kier alpha value is -2.57. The number of sulfonamides is 1. The van der Waals surface area contributed by atoms with Gasteiger partial charge in [-0.3, -0.25) is 0 Å². The molecule has 0 aromatic heterocycles. The van der Waals surface area contributed by atoms with Crippen LogP contribution in [0.15, 0.2) is 65.6 Å².